The van der Waals surface area contributed by atoms with Gasteiger partial charge in [0.05, 0.1) is 16.6 Å². The van der Waals surface area contributed by atoms with E-state index in [4.69, 9.17) is 5.26 Å². The number of nitro groups is 1. The van der Waals surface area contributed by atoms with E-state index in [2.05, 4.69) is 16.4 Å². The van der Waals surface area contributed by atoms with Crippen molar-refractivity contribution in [3.05, 3.63) is 88.1 Å². The normalized spacial score (nSPS) is 14.3. The van der Waals surface area contributed by atoms with Crippen LogP contribution in [0.1, 0.15) is 11.1 Å². The lowest BCUT2D eigenvalue weighted by atomic mass is 10.1. The molecule has 24 heavy (non-hydrogen) atoms. The Morgan fingerprint density at radius 1 is 1.29 bits per heavy atom. The molecule has 2 aromatic rings. The zero-order chi connectivity index (χ0) is 17.2. The molecule has 1 aromatic carbocycles. The Kier molecular flexibility index (Phi) is 6.29. The average Bonchev–Trinajstić information content (AvgIpc) is 3.04. The topological polar surface area (TPSA) is 95.1 Å². The molecule has 2 heterocycles. The van der Waals surface area contributed by atoms with E-state index in [9.17, 15) is 10.1 Å². The van der Waals surface area contributed by atoms with Gasteiger partial charge in [-0.3, -0.25) is 15.1 Å². The summed E-state index contributed by atoms with van der Waals surface area (Å²) in [4.78, 5) is 15.7. The average molecular weight is 323 g/mol. The van der Waals surface area contributed by atoms with Crippen LogP contribution in [0.2, 0.25) is 0 Å². The number of pyridine rings is 1. The van der Waals surface area contributed by atoms with Crippen LogP contribution in [0.25, 0.3) is 0 Å². The zero-order valence-corrected chi connectivity index (χ0v) is 13.0. The molecule has 0 amide bonds. The van der Waals surface area contributed by atoms with E-state index < -0.39 is 4.92 Å². The summed E-state index contributed by atoms with van der Waals surface area (Å²) in [6.07, 6.45) is 4.48. The standard InChI is InChI=1S/C12H12N4O2.C5H5N/c13-7-10-1-3-11(4-2-10)8-15-6-5-14-12(15)9-16(17)18;1-2-4-6-5-3-1/h1-4,9,14H,5-6,8H2;1-5H. The monoisotopic (exact) mass is 323 g/mol. The highest BCUT2D eigenvalue weighted by Gasteiger charge is 2.19. The van der Waals surface area contributed by atoms with E-state index in [0.29, 0.717) is 24.5 Å². The maximum atomic E-state index is 10.5. The SMILES string of the molecule is N#Cc1ccc(CN2CCNC2=C[N+](=O)[O-])cc1.c1ccncc1. The highest BCUT2D eigenvalue weighted by Crippen LogP contribution is 2.13. The Morgan fingerprint density at radius 2 is 2.00 bits per heavy atom. The number of nitriles is 1. The molecular weight excluding hydrogens is 306 g/mol. The van der Waals surface area contributed by atoms with Crippen LogP contribution < -0.4 is 5.32 Å². The third-order valence-corrected chi connectivity index (χ3v) is 3.28. The second-order valence-electron chi connectivity index (χ2n) is 4.98. The molecule has 1 fully saturated rings. The fourth-order valence-corrected chi connectivity index (χ4v) is 2.16. The minimum atomic E-state index is -0.459. The largest absolute Gasteiger partial charge is 0.365 e. The van der Waals surface area contributed by atoms with Gasteiger partial charge >= 0.3 is 0 Å². The molecule has 0 radical (unpaired) electrons. The van der Waals surface area contributed by atoms with Crippen LogP contribution in [0.3, 0.4) is 0 Å². The Morgan fingerprint density at radius 3 is 2.50 bits per heavy atom. The van der Waals surface area contributed by atoms with E-state index in [1.165, 1.54) is 0 Å². The second kappa shape index (κ2) is 8.90. The molecule has 0 saturated carbocycles. The van der Waals surface area contributed by atoms with Crippen molar-refractivity contribution < 1.29 is 4.92 Å². The summed E-state index contributed by atoms with van der Waals surface area (Å²) in [5.41, 5.74) is 1.63. The van der Waals surface area contributed by atoms with Crippen LogP contribution in [0.4, 0.5) is 0 Å². The van der Waals surface area contributed by atoms with Gasteiger partial charge in [0.25, 0.3) is 6.20 Å². The van der Waals surface area contributed by atoms with Crippen molar-refractivity contribution in [1.29, 1.82) is 5.26 Å². The third-order valence-electron chi connectivity index (χ3n) is 3.28. The van der Waals surface area contributed by atoms with Gasteiger partial charge < -0.3 is 10.2 Å². The zero-order valence-electron chi connectivity index (χ0n) is 13.0. The van der Waals surface area contributed by atoms with E-state index in [0.717, 1.165) is 18.3 Å². The quantitative estimate of drug-likeness (QED) is 0.686. The number of nitrogens with zero attached hydrogens (tertiary/aromatic N) is 4. The lowest BCUT2D eigenvalue weighted by Gasteiger charge is -2.16. The number of benzene rings is 1. The Bertz CT molecular complexity index is 696. The third kappa shape index (κ3) is 5.42. The van der Waals surface area contributed by atoms with Crippen LogP contribution in [-0.4, -0.2) is 27.9 Å². The van der Waals surface area contributed by atoms with Crippen LogP contribution in [0.15, 0.2) is 66.9 Å². The lowest BCUT2D eigenvalue weighted by Crippen LogP contribution is -2.20. The van der Waals surface area contributed by atoms with Gasteiger partial charge in [-0.1, -0.05) is 18.2 Å². The minimum absolute atomic E-state index is 0.459. The summed E-state index contributed by atoms with van der Waals surface area (Å²) < 4.78 is 0. The van der Waals surface area contributed by atoms with Crippen molar-refractivity contribution in [2.45, 2.75) is 6.54 Å². The number of hydrogen-bond donors (Lipinski definition) is 1. The first-order valence-corrected chi connectivity index (χ1v) is 7.37. The van der Waals surface area contributed by atoms with Crippen molar-refractivity contribution in [1.82, 2.24) is 15.2 Å². The van der Waals surface area contributed by atoms with Gasteiger partial charge in [0, 0.05) is 32.0 Å². The number of rotatable bonds is 3. The van der Waals surface area contributed by atoms with Gasteiger partial charge in [0.15, 0.2) is 5.82 Å². The van der Waals surface area contributed by atoms with Crippen molar-refractivity contribution in [3.63, 3.8) is 0 Å². The minimum Gasteiger partial charge on any atom is -0.365 e. The predicted octanol–water partition coefficient (Wildman–Crippen LogP) is 2.12. The van der Waals surface area contributed by atoms with Gasteiger partial charge in [-0.15, -0.1) is 0 Å². The summed E-state index contributed by atoms with van der Waals surface area (Å²) in [6.45, 7) is 2.04. The molecule has 1 aliphatic heterocycles. The molecule has 0 unspecified atom stereocenters. The molecule has 7 nitrogen and oxygen atoms in total. The van der Waals surface area contributed by atoms with E-state index in [1.807, 2.05) is 35.2 Å². The van der Waals surface area contributed by atoms with Gasteiger partial charge in [-0.25, -0.2) is 0 Å². The summed E-state index contributed by atoms with van der Waals surface area (Å²) >= 11 is 0. The number of aromatic nitrogens is 1. The summed E-state index contributed by atoms with van der Waals surface area (Å²) in [6, 6.07) is 15.0. The van der Waals surface area contributed by atoms with Crippen LogP contribution in [0, 0.1) is 21.4 Å². The van der Waals surface area contributed by atoms with Crippen LogP contribution in [0.5, 0.6) is 0 Å². The predicted molar refractivity (Wildman–Crippen MR) is 88.9 cm³/mol. The lowest BCUT2D eigenvalue weighted by molar-refractivity contribution is -0.404. The Balaban J connectivity index is 0.000000292. The molecule has 1 aromatic heterocycles. The first-order chi connectivity index (χ1) is 11.7. The van der Waals surface area contributed by atoms with E-state index >= 15 is 0 Å². The molecule has 7 heteroatoms. The van der Waals surface area contributed by atoms with Crippen LogP contribution in [-0.2, 0) is 6.54 Å². The van der Waals surface area contributed by atoms with Crippen molar-refractivity contribution in [2.24, 2.45) is 0 Å². The van der Waals surface area contributed by atoms with Gasteiger partial charge in [-0.05, 0) is 29.8 Å². The highest BCUT2D eigenvalue weighted by molar-refractivity contribution is 5.31. The fraction of sp³-hybridized carbons (Fsp3) is 0.176. The summed E-state index contributed by atoms with van der Waals surface area (Å²) in [5, 5.41) is 22.1. The highest BCUT2D eigenvalue weighted by atomic mass is 16.6. The number of hydrogen-bond acceptors (Lipinski definition) is 6. The summed E-state index contributed by atoms with van der Waals surface area (Å²) in [5.74, 6) is 0.532. The molecule has 0 aliphatic carbocycles. The molecule has 1 aliphatic rings. The maximum Gasteiger partial charge on any atom is 0.274 e. The Labute approximate surface area is 140 Å². The van der Waals surface area contributed by atoms with Crippen molar-refractivity contribution in [2.75, 3.05) is 13.1 Å². The Hall–Kier alpha value is -3.40. The fourth-order valence-electron chi connectivity index (χ4n) is 2.16. The molecule has 1 saturated heterocycles. The van der Waals surface area contributed by atoms with E-state index in [1.54, 1.807) is 24.5 Å². The molecule has 1 N–H and O–H groups in total. The molecule has 122 valence electrons. The first-order valence-electron chi connectivity index (χ1n) is 7.37. The second-order valence-corrected chi connectivity index (χ2v) is 4.98. The molecule has 3 rings (SSSR count). The molecule has 0 bridgehead atoms. The maximum absolute atomic E-state index is 10.5. The van der Waals surface area contributed by atoms with Crippen molar-refractivity contribution in [3.8, 4) is 6.07 Å². The summed E-state index contributed by atoms with van der Waals surface area (Å²) in [7, 11) is 0. The molecule has 0 spiro atoms. The van der Waals surface area contributed by atoms with E-state index in [-0.39, 0.29) is 0 Å². The molecular formula is C17H17N5O2. The van der Waals surface area contributed by atoms with Gasteiger partial charge in [-0.2, -0.15) is 5.26 Å². The molecule has 0 atom stereocenters. The smallest absolute Gasteiger partial charge is 0.274 e. The first kappa shape index (κ1) is 17.0. The number of nitrogens with one attached hydrogen (secondary N) is 1. The van der Waals surface area contributed by atoms with Gasteiger partial charge in [0.2, 0.25) is 0 Å². The van der Waals surface area contributed by atoms with Gasteiger partial charge in [0.1, 0.15) is 0 Å². The van der Waals surface area contributed by atoms with Crippen molar-refractivity contribution >= 4 is 0 Å². The van der Waals surface area contributed by atoms with Crippen LogP contribution >= 0.6 is 0 Å².